The normalized spacial score (nSPS) is 26.9. The van der Waals surface area contributed by atoms with Crippen molar-refractivity contribution >= 4 is 35.2 Å². The minimum atomic E-state index is -0.721. The molecular formula is C36H45N3O4S. The van der Waals surface area contributed by atoms with Gasteiger partial charge in [0.25, 0.3) is 5.91 Å². The minimum Gasteiger partial charge on any atom is -0.396 e. The van der Waals surface area contributed by atoms with Crippen LogP contribution in [0.3, 0.4) is 0 Å². The van der Waals surface area contributed by atoms with Gasteiger partial charge in [0.1, 0.15) is 6.04 Å². The van der Waals surface area contributed by atoms with Crippen LogP contribution in [0.2, 0.25) is 0 Å². The van der Waals surface area contributed by atoms with Crippen molar-refractivity contribution in [3.63, 3.8) is 0 Å². The fourth-order valence-corrected chi connectivity index (χ4v) is 10.3. The summed E-state index contributed by atoms with van der Waals surface area (Å²) in [5.74, 6) is -1.32. The smallest absolute Gasteiger partial charge is 0.251 e. The molecule has 1 N–H and O–H groups in total. The van der Waals surface area contributed by atoms with E-state index >= 15 is 0 Å². The first-order valence-corrected chi connectivity index (χ1v) is 16.6. The molecule has 3 fully saturated rings. The fourth-order valence-electron chi connectivity index (χ4n) is 7.92. The summed E-state index contributed by atoms with van der Waals surface area (Å²) in [4.78, 5) is 49.4. The molecule has 0 aromatic heterocycles. The SMILES string of the molecule is C=CCN(Cc1ccccc1)C(=O)[C@@H]1[C@H]2C(=O)N(CCCCO)C(C(=O)N(CC=C)c3c(C)cccc3C)C23S[C@@H]1CC3C. The van der Waals surface area contributed by atoms with Crippen LogP contribution >= 0.6 is 11.8 Å². The standard InChI is InChI=1S/C36H45N3O4S/c1-6-18-37(23-27-16-9-8-10-17-27)33(41)29-28-22-26(5)36(44-28)30(29)34(42)39(20-11-12-21-40)32(36)35(43)38(19-7-2)31-24(3)14-13-15-25(31)4/h6-10,13-17,26,28-30,32,40H,1-2,11-12,18-23H2,3-5H3/t26?,28-,29+,30+,32?,36?/m1/s1. The Kier molecular flexibility index (Phi) is 9.71. The lowest BCUT2D eigenvalue weighted by atomic mass is 9.65. The molecule has 0 aliphatic carbocycles. The number of carbonyl (C=O) groups is 3. The molecular weight excluding hydrogens is 570 g/mol. The number of para-hydroxylation sites is 1. The average molecular weight is 616 g/mol. The molecule has 0 radical (unpaired) electrons. The maximum Gasteiger partial charge on any atom is 0.251 e. The molecule has 2 bridgehead atoms. The molecule has 0 saturated carbocycles. The Morgan fingerprint density at radius 2 is 1.70 bits per heavy atom. The Bertz CT molecular complexity index is 1390. The van der Waals surface area contributed by atoms with Crippen molar-refractivity contribution in [1.29, 1.82) is 0 Å². The molecule has 3 aliphatic heterocycles. The van der Waals surface area contributed by atoms with Crippen LogP contribution in [0.25, 0.3) is 0 Å². The molecule has 5 rings (SSSR count). The van der Waals surface area contributed by atoms with Gasteiger partial charge in [-0.25, -0.2) is 0 Å². The highest BCUT2D eigenvalue weighted by atomic mass is 32.2. The van der Waals surface area contributed by atoms with E-state index in [9.17, 15) is 19.5 Å². The molecule has 1 spiro atoms. The quantitative estimate of drug-likeness (QED) is 0.249. The van der Waals surface area contributed by atoms with Gasteiger partial charge in [-0.2, -0.15) is 0 Å². The molecule has 3 aliphatic rings. The number of aliphatic hydroxyl groups is 1. The van der Waals surface area contributed by atoms with E-state index in [2.05, 4.69) is 20.1 Å². The van der Waals surface area contributed by atoms with Crippen molar-refractivity contribution in [2.45, 2.75) is 62.6 Å². The maximum atomic E-state index is 15.0. The number of hydrogen-bond acceptors (Lipinski definition) is 5. The van der Waals surface area contributed by atoms with Crippen LogP contribution in [-0.2, 0) is 20.9 Å². The van der Waals surface area contributed by atoms with Crippen LogP contribution < -0.4 is 4.90 Å². The summed E-state index contributed by atoms with van der Waals surface area (Å²) in [6, 6.07) is 15.1. The van der Waals surface area contributed by atoms with Gasteiger partial charge >= 0.3 is 0 Å². The number of amides is 3. The number of anilines is 1. The Morgan fingerprint density at radius 3 is 2.34 bits per heavy atom. The summed E-state index contributed by atoms with van der Waals surface area (Å²) in [5.41, 5.74) is 3.83. The van der Waals surface area contributed by atoms with Crippen molar-refractivity contribution in [1.82, 2.24) is 9.80 Å². The molecule has 2 aromatic carbocycles. The first kappa shape index (κ1) is 32.0. The lowest BCUT2D eigenvalue weighted by Crippen LogP contribution is -2.58. The molecule has 7 nitrogen and oxygen atoms in total. The van der Waals surface area contributed by atoms with Crippen LogP contribution in [0.5, 0.6) is 0 Å². The predicted octanol–water partition coefficient (Wildman–Crippen LogP) is 5.15. The molecule has 3 heterocycles. The molecule has 3 saturated heterocycles. The van der Waals surface area contributed by atoms with E-state index in [1.165, 1.54) is 0 Å². The van der Waals surface area contributed by atoms with Gasteiger partial charge in [0.15, 0.2) is 0 Å². The highest BCUT2D eigenvalue weighted by Crippen LogP contribution is 2.69. The number of likely N-dealkylation sites (tertiary alicyclic amines) is 1. The second kappa shape index (κ2) is 13.3. The highest BCUT2D eigenvalue weighted by Gasteiger charge is 2.76. The molecule has 6 atom stereocenters. The van der Waals surface area contributed by atoms with Gasteiger partial charge in [-0.05, 0) is 55.7 Å². The second-order valence-electron chi connectivity index (χ2n) is 12.5. The number of thioether (sulfide) groups is 1. The summed E-state index contributed by atoms with van der Waals surface area (Å²) in [7, 11) is 0. The number of aliphatic hydroxyl groups excluding tert-OH is 1. The molecule has 3 amide bonds. The number of fused-ring (bicyclic) bond motifs is 1. The van der Waals surface area contributed by atoms with Crippen LogP contribution in [0.15, 0.2) is 73.8 Å². The third-order valence-corrected chi connectivity index (χ3v) is 11.8. The zero-order valence-electron chi connectivity index (χ0n) is 26.2. The van der Waals surface area contributed by atoms with Crippen molar-refractivity contribution in [2.75, 3.05) is 31.1 Å². The summed E-state index contributed by atoms with van der Waals surface area (Å²) in [6.07, 6.45) is 5.36. The Labute approximate surface area is 266 Å². The van der Waals surface area contributed by atoms with Crippen LogP contribution in [0.4, 0.5) is 5.69 Å². The van der Waals surface area contributed by atoms with Gasteiger partial charge < -0.3 is 19.8 Å². The van der Waals surface area contributed by atoms with Crippen molar-refractivity contribution in [3.05, 3.63) is 90.5 Å². The number of unbranched alkanes of at least 4 members (excludes halogenated alkanes) is 1. The van der Waals surface area contributed by atoms with Crippen molar-refractivity contribution in [2.24, 2.45) is 17.8 Å². The van der Waals surface area contributed by atoms with E-state index in [0.717, 1.165) is 28.8 Å². The van der Waals surface area contributed by atoms with Crippen LogP contribution in [0, 0.1) is 31.6 Å². The van der Waals surface area contributed by atoms with E-state index in [1.807, 2.05) is 67.3 Å². The molecule has 8 heteroatoms. The van der Waals surface area contributed by atoms with E-state index in [1.54, 1.807) is 33.7 Å². The fraction of sp³-hybridized carbons (Fsp3) is 0.472. The zero-order chi connectivity index (χ0) is 31.6. The second-order valence-corrected chi connectivity index (χ2v) is 14.0. The van der Waals surface area contributed by atoms with E-state index < -0.39 is 22.6 Å². The summed E-state index contributed by atoms with van der Waals surface area (Å²) in [6.45, 7) is 15.5. The topological polar surface area (TPSA) is 81.2 Å². The van der Waals surface area contributed by atoms with Gasteiger partial charge in [-0.1, -0.05) is 67.6 Å². The summed E-state index contributed by atoms with van der Waals surface area (Å²) >= 11 is 1.70. The Balaban J connectivity index is 1.57. The van der Waals surface area contributed by atoms with Crippen LogP contribution in [0.1, 0.15) is 42.9 Å². The molecule has 2 aromatic rings. The maximum absolute atomic E-state index is 15.0. The number of carbonyl (C=O) groups excluding carboxylic acids is 3. The third-order valence-electron chi connectivity index (χ3n) is 9.74. The number of benzene rings is 2. The monoisotopic (exact) mass is 615 g/mol. The van der Waals surface area contributed by atoms with E-state index in [4.69, 9.17) is 0 Å². The number of nitrogens with zero attached hydrogens (tertiary/aromatic N) is 3. The lowest BCUT2D eigenvalue weighted by molar-refractivity contribution is -0.144. The number of rotatable bonds is 13. The molecule has 3 unspecified atom stereocenters. The average Bonchev–Trinajstić information content (AvgIpc) is 3.60. The summed E-state index contributed by atoms with van der Waals surface area (Å²) in [5, 5.41) is 9.51. The predicted molar refractivity (Wildman–Crippen MR) is 177 cm³/mol. The van der Waals surface area contributed by atoms with E-state index in [0.29, 0.717) is 39.0 Å². The Morgan fingerprint density at radius 1 is 1.02 bits per heavy atom. The number of aryl methyl sites for hydroxylation is 2. The highest BCUT2D eigenvalue weighted by molar-refractivity contribution is 8.02. The van der Waals surface area contributed by atoms with Gasteiger partial charge in [0, 0.05) is 43.7 Å². The zero-order valence-corrected chi connectivity index (χ0v) is 27.0. The molecule has 44 heavy (non-hydrogen) atoms. The van der Waals surface area contributed by atoms with Crippen LogP contribution in [-0.4, -0.2) is 74.9 Å². The van der Waals surface area contributed by atoms with E-state index in [-0.39, 0.29) is 35.5 Å². The number of hydrogen-bond donors (Lipinski definition) is 1. The summed E-state index contributed by atoms with van der Waals surface area (Å²) < 4.78 is -0.721. The molecule has 234 valence electrons. The first-order chi connectivity index (χ1) is 21.2. The van der Waals surface area contributed by atoms with Crippen molar-refractivity contribution in [3.8, 4) is 0 Å². The van der Waals surface area contributed by atoms with Crippen molar-refractivity contribution < 1.29 is 19.5 Å². The lowest BCUT2D eigenvalue weighted by Gasteiger charge is -2.41. The van der Waals surface area contributed by atoms with Gasteiger partial charge in [0.05, 0.1) is 16.6 Å². The minimum absolute atomic E-state index is 0.0184. The van der Waals surface area contributed by atoms with Gasteiger partial charge in [0.2, 0.25) is 11.8 Å². The van der Waals surface area contributed by atoms with Gasteiger partial charge in [-0.3, -0.25) is 14.4 Å². The first-order valence-electron chi connectivity index (χ1n) is 15.7. The third kappa shape index (κ3) is 5.40. The van der Waals surface area contributed by atoms with Gasteiger partial charge in [-0.15, -0.1) is 24.9 Å². The largest absolute Gasteiger partial charge is 0.396 e. The Hall–Kier alpha value is -3.36.